The van der Waals surface area contributed by atoms with Crippen molar-refractivity contribution in [2.75, 3.05) is 13.2 Å². The van der Waals surface area contributed by atoms with Crippen molar-refractivity contribution < 1.29 is 4.74 Å². The van der Waals surface area contributed by atoms with Gasteiger partial charge in [0.25, 0.3) is 0 Å². The molecule has 0 radical (unpaired) electrons. The predicted octanol–water partition coefficient (Wildman–Crippen LogP) is 1.33. The third kappa shape index (κ3) is 5.22. The molecule has 86 valence electrons. The van der Waals surface area contributed by atoms with E-state index in [2.05, 4.69) is 17.3 Å². The monoisotopic (exact) mass is 229 g/mol. The lowest BCUT2D eigenvalue weighted by atomic mass is 10.1. The van der Waals surface area contributed by atoms with Gasteiger partial charge >= 0.3 is 0 Å². The van der Waals surface area contributed by atoms with E-state index in [0.29, 0.717) is 0 Å². The van der Waals surface area contributed by atoms with Gasteiger partial charge in [0.1, 0.15) is 0 Å². The highest BCUT2D eigenvalue weighted by Gasteiger charge is 2.08. The number of nitrogens with one attached hydrogen (secondary N) is 1. The van der Waals surface area contributed by atoms with E-state index in [-0.39, 0.29) is 6.04 Å². The van der Waals surface area contributed by atoms with Crippen LogP contribution >= 0.6 is 11.3 Å². The van der Waals surface area contributed by atoms with E-state index in [1.165, 1.54) is 4.88 Å². The number of nitrogens with zero attached hydrogens (tertiary/aromatic N) is 1. The van der Waals surface area contributed by atoms with Gasteiger partial charge < -0.3 is 4.74 Å². The molecule has 1 unspecified atom stereocenters. The van der Waals surface area contributed by atoms with Gasteiger partial charge in [-0.25, -0.2) is 0 Å². The molecular formula is C10H19N3OS. The molecule has 0 saturated heterocycles. The third-order valence-corrected chi connectivity index (χ3v) is 2.93. The molecule has 0 bridgehead atoms. The van der Waals surface area contributed by atoms with Crippen molar-refractivity contribution in [3.63, 3.8) is 0 Å². The molecule has 4 nitrogen and oxygen atoms in total. The molecule has 0 saturated carbocycles. The fourth-order valence-corrected chi connectivity index (χ4v) is 1.98. The second-order valence-corrected chi connectivity index (χ2v) is 4.41. The van der Waals surface area contributed by atoms with E-state index in [4.69, 9.17) is 10.6 Å². The van der Waals surface area contributed by atoms with Crippen LogP contribution in [0.1, 0.15) is 24.6 Å². The lowest BCUT2D eigenvalue weighted by molar-refractivity contribution is 0.124. The molecule has 5 heteroatoms. The smallest absolute Gasteiger partial charge is 0.0794 e. The number of rotatable bonds is 8. The van der Waals surface area contributed by atoms with Crippen LogP contribution in [0, 0.1) is 0 Å². The van der Waals surface area contributed by atoms with E-state index < -0.39 is 0 Å². The molecule has 0 amide bonds. The summed E-state index contributed by atoms with van der Waals surface area (Å²) in [5, 5.41) is 0. The second kappa shape index (κ2) is 7.76. The molecule has 1 aromatic rings. The SMILES string of the molecule is CCCOCCC(Cc1cncs1)NN. The standard InChI is InChI=1S/C10H19N3OS/c1-2-4-14-5-3-9(13-11)6-10-7-12-8-15-10/h7-9,13H,2-6,11H2,1H3. The Kier molecular flexibility index (Phi) is 6.50. The Morgan fingerprint density at radius 3 is 3.07 bits per heavy atom. The highest BCUT2D eigenvalue weighted by Crippen LogP contribution is 2.10. The van der Waals surface area contributed by atoms with Gasteiger partial charge in [-0.3, -0.25) is 16.3 Å². The van der Waals surface area contributed by atoms with Gasteiger partial charge in [0.2, 0.25) is 0 Å². The molecule has 1 heterocycles. The number of aromatic nitrogens is 1. The van der Waals surface area contributed by atoms with Crippen molar-refractivity contribution in [2.24, 2.45) is 5.84 Å². The van der Waals surface area contributed by atoms with Crippen LogP contribution in [-0.2, 0) is 11.2 Å². The van der Waals surface area contributed by atoms with Gasteiger partial charge in [0.15, 0.2) is 0 Å². The molecule has 0 spiro atoms. The van der Waals surface area contributed by atoms with Crippen molar-refractivity contribution >= 4 is 11.3 Å². The maximum atomic E-state index is 5.48. The van der Waals surface area contributed by atoms with Crippen LogP contribution in [-0.4, -0.2) is 24.2 Å². The second-order valence-electron chi connectivity index (χ2n) is 3.44. The van der Waals surface area contributed by atoms with Crippen molar-refractivity contribution in [1.82, 2.24) is 10.4 Å². The summed E-state index contributed by atoms with van der Waals surface area (Å²) < 4.78 is 5.43. The van der Waals surface area contributed by atoms with Crippen LogP contribution in [0.25, 0.3) is 0 Å². The largest absolute Gasteiger partial charge is 0.381 e. The number of ether oxygens (including phenoxy) is 1. The van der Waals surface area contributed by atoms with Gasteiger partial charge in [0.05, 0.1) is 5.51 Å². The average molecular weight is 229 g/mol. The van der Waals surface area contributed by atoms with Crippen LogP contribution in [0.4, 0.5) is 0 Å². The summed E-state index contributed by atoms with van der Waals surface area (Å²) in [6, 6.07) is 0.280. The highest BCUT2D eigenvalue weighted by atomic mass is 32.1. The molecule has 0 aliphatic carbocycles. The summed E-state index contributed by atoms with van der Waals surface area (Å²) in [5.74, 6) is 5.48. The molecule has 1 aromatic heterocycles. The Labute approximate surface area is 94.8 Å². The number of nitrogens with two attached hydrogens (primary N) is 1. The van der Waals surface area contributed by atoms with Crippen LogP contribution < -0.4 is 11.3 Å². The number of thiazole rings is 1. The molecule has 1 rings (SSSR count). The lowest BCUT2D eigenvalue weighted by Crippen LogP contribution is -2.37. The quantitative estimate of drug-likeness (QED) is 0.401. The van der Waals surface area contributed by atoms with E-state index in [1.54, 1.807) is 11.3 Å². The molecule has 1 atom stereocenters. The molecule has 3 N–H and O–H groups in total. The van der Waals surface area contributed by atoms with E-state index in [0.717, 1.165) is 32.5 Å². The summed E-state index contributed by atoms with van der Waals surface area (Å²) in [6.07, 6.45) is 4.82. The maximum Gasteiger partial charge on any atom is 0.0794 e. The predicted molar refractivity (Wildman–Crippen MR) is 62.7 cm³/mol. The number of hydrogen-bond acceptors (Lipinski definition) is 5. The van der Waals surface area contributed by atoms with Gasteiger partial charge in [-0.05, 0) is 12.8 Å². The molecule has 0 aromatic carbocycles. The zero-order valence-electron chi connectivity index (χ0n) is 9.11. The molecule has 15 heavy (non-hydrogen) atoms. The topological polar surface area (TPSA) is 60.2 Å². The summed E-state index contributed by atoms with van der Waals surface area (Å²) in [7, 11) is 0. The first-order chi connectivity index (χ1) is 7.36. The molecule has 0 fully saturated rings. The van der Waals surface area contributed by atoms with Crippen LogP contribution in [0.3, 0.4) is 0 Å². The van der Waals surface area contributed by atoms with Crippen LogP contribution in [0.5, 0.6) is 0 Å². The molecular weight excluding hydrogens is 210 g/mol. The zero-order chi connectivity index (χ0) is 10.9. The Morgan fingerprint density at radius 2 is 2.47 bits per heavy atom. The first-order valence-corrected chi connectivity index (χ1v) is 6.16. The average Bonchev–Trinajstić information content (AvgIpc) is 2.75. The summed E-state index contributed by atoms with van der Waals surface area (Å²) >= 11 is 1.66. The Bertz CT molecular complexity index is 241. The maximum absolute atomic E-state index is 5.48. The van der Waals surface area contributed by atoms with Crippen LogP contribution in [0.15, 0.2) is 11.7 Å². The molecule has 0 aliphatic rings. The van der Waals surface area contributed by atoms with Crippen molar-refractivity contribution in [3.8, 4) is 0 Å². The summed E-state index contributed by atoms with van der Waals surface area (Å²) in [4.78, 5) is 5.30. The Morgan fingerprint density at radius 1 is 1.60 bits per heavy atom. The minimum atomic E-state index is 0.280. The Balaban J connectivity index is 2.18. The van der Waals surface area contributed by atoms with Crippen molar-refractivity contribution in [3.05, 3.63) is 16.6 Å². The Hall–Kier alpha value is -0.490. The minimum Gasteiger partial charge on any atom is -0.381 e. The highest BCUT2D eigenvalue weighted by molar-refractivity contribution is 7.09. The van der Waals surface area contributed by atoms with E-state index in [9.17, 15) is 0 Å². The number of hydrazine groups is 1. The lowest BCUT2D eigenvalue weighted by Gasteiger charge is -2.14. The van der Waals surface area contributed by atoms with Gasteiger partial charge in [-0.1, -0.05) is 6.92 Å². The summed E-state index contributed by atoms with van der Waals surface area (Å²) in [6.45, 7) is 3.70. The normalized spacial score (nSPS) is 12.9. The zero-order valence-corrected chi connectivity index (χ0v) is 9.93. The first-order valence-electron chi connectivity index (χ1n) is 5.28. The number of hydrogen-bond donors (Lipinski definition) is 2. The van der Waals surface area contributed by atoms with E-state index >= 15 is 0 Å². The minimum absolute atomic E-state index is 0.280. The fourth-order valence-electron chi connectivity index (χ4n) is 1.30. The summed E-state index contributed by atoms with van der Waals surface area (Å²) in [5.41, 5.74) is 4.66. The third-order valence-electron chi connectivity index (χ3n) is 2.13. The first kappa shape index (κ1) is 12.6. The fraction of sp³-hybridized carbons (Fsp3) is 0.700. The van der Waals surface area contributed by atoms with Gasteiger partial charge in [-0.15, -0.1) is 11.3 Å². The van der Waals surface area contributed by atoms with Crippen LogP contribution in [0.2, 0.25) is 0 Å². The van der Waals surface area contributed by atoms with Crippen molar-refractivity contribution in [2.45, 2.75) is 32.2 Å². The van der Waals surface area contributed by atoms with Gasteiger partial charge in [0, 0.05) is 36.8 Å². The van der Waals surface area contributed by atoms with Gasteiger partial charge in [-0.2, -0.15) is 0 Å². The van der Waals surface area contributed by atoms with E-state index in [1.807, 2.05) is 11.7 Å². The van der Waals surface area contributed by atoms with Crippen molar-refractivity contribution in [1.29, 1.82) is 0 Å². The molecule has 0 aliphatic heterocycles.